The molecule has 0 aliphatic rings. The van der Waals surface area contributed by atoms with E-state index in [2.05, 4.69) is 33.7 Å². The van der Waals surface area contributed by atoms with Crippen LogP contribution in [0, 0.1) is 0 Å². The highest BCUT2D eigenvalue weighted by molar-refractivity contribution is 7.14. The molecular weight excluding hydrogens is 408 g/mol. The van der Waals surface area contributed by atoms with E-state index in [-0.39, 0.29) is 6.03 Å². The summed E-state index contributed by atoms with van der Waals surface area (Å²) in [4.78, 5) is 19.7. The second-order valence-corrected chi connectivity index (χ2v) is 7.93. The first kappa shape index (κ1) is 19.1. The van der Waals surface area contributed by atoms with Crippen LogP contribution in [0.2, 0.25) is 0 Å². The standard InChI is InChI=1S/C23H20N6OS/c1-2-29-14-19(17-9-11-24-22-18(17)10-12-25-22)21(28-29)15-5-7-16(8-6-15)26-23(30)27-20-4-3-13-31-20/h3-14H,2H2,1H3,(H,24,25)(H2,26,27,30). The molecule has 0 atom stereocenters. The second-order valence-electron chi connectivity index (χ2n) is 6.98. The van der Waals surface area contributed by atoms with E-state index < -0.39 is 0 Å². The van der Waals surface area contributed by atoms with Crippen molar-refractivity contribution in [2.24, 2.45) is 0 Å². The van der Waals surface area contributed by atoms with Crippen molar-refractivity contribution < 1.29 is 4.79 Å². The van der Waals surface area contributed by atoms with Crippen molar-refractivity contribution in [3.8, 4) is 22.4 Å². The maximum Gasteiger partial charge on any atom is 0.324 e. The van der Waals surface area contributed by atoms with Crippen molar-refractivity contribution in [2.75, 3.05) is 10.6 Å². The number of aryl methyl sites for hydroxylation is 1. The Morgan fingerprint density at radius 1 is 1.10 bits per heavy atom. The Morgan fingerprint density at radius 3 is 2.74 bits per heavy atom. The molecule has 1 aromatic carbocycles. The number of carbonyl (C=O) groups excluding carboxylic acids is 1. The van der Waals surface area contributed by atoms with Gasteiger partial charge in [0.1, 0.15) is 11.3 Å². The molecule has 154 valence electrons. The van der Waals surface area contributed by atoms with Gasteiger partial charge < -0.3 is 10.3 Å². The molecule has 31 heavy (non-hydrogen) atoms. The van der Waals surface area contributed by atoms with Crippen molar-refractivity contribution in [1.29, 1.82) is 0 Å². The molecule has 7 nitrogen and oxygen atoms in total. The number of aromatic nitrogens is 4. The van der Waals surface area contributed by atoms with Gasteiger partial charge in [0.2, 0.25) is 0 Å². The van der Waals surface area contributed by atoms with Crippen LogP contribution in [0.15, 0.2) is 72.5 Å². The summed E-state index contributed by atoms with van der Waals surface area (Å²) in [5, 5.41) is 14.3. The highest BCUT2D eigenvalue weighted by Crippen LogP contribution is 2.35. The SMILES string of the molecule is CCn1cc(-c2ccnc3[nH]ccc23)c(-c2ccc(NC(=O)Nc3cccs3)cc2)n1. The summed E-state index contributed by atoms with van der Waals surface area (Å²) in [6, 6.07) is 15.3. The van der Waals surface area contributed by atoms with Crippen molar-refractivity contribution in [3.05, 3.63) is 72.5 Å². The van der Waals surface area contributed by atoms with Crippen molar-refractivity contribution in [1.82, 2.24) is 19.7 Å². The van der Waals surface area contributed by atoms with Gasteiger partial charge in [0.05, 0.1) is 5.00 Å². The van der Waals surface area contributed by atoms with Crippen molar-refractivity contribution in [2.45, 2.75) is 13.5 Å². The van der Waals surface area contributed by atoms with Crippen LogP contribution in [0.4, 0.5) is 15.5 Å². The lowest BCUT2D eigenvalue weighted by Crippen LogP contribution is -2.18. The maximum absolute atomic E-state index is 12.2. The number of pyridine rings is 1. The number of anilines is 2. The highest BCUT2D eigenvalue weighted by atomic mass is 32.1. The minimum atomic E-state index is -0.266. The first-order valence-electron chi connectivity index (χ1n) is 9.93. The predicted molar refractivity (Wildman–Crippen MR) is 125 cm³/mol. The monoisotopic (exact) mass is 428 g/mol. The number of carbonyl (C=O) groups is 1. The third kappa shape index (κ3) is 3.80. The molecule has 0 aliphatic heterocycles. The predicted octanol–water partition coefficient (Wildman–Crippen LogP) is 5.82. The van der Waals surface area contributed by atoms with Crippen LogP contribution < -0.4 is 10.6 Å². The van der Waals surface area contributed by atoms with Gasteiger partial charge in [-0.05, 0) is 54.3 Å². The van der Waals surface area contributed by atoms with Crippen LogP contribution in [-0.4, -0.2) is 25.8 Å². The molecule has 8 heteroatoms. The van der Waals surface area contributed by atoms with E-state index in [1.165, 1.54) is 11.3 Å². The Kier molecular flexibility index (Phi) is 4.97. The van der Waals surface area contributed by atoms with Gasteiger partial charge in [-0.2, -0.15) is 5.10 Å². The van der Waals surface area contributed by atoms with Crippen LogP contribution in [0.1, 0.15) is 6.92 Å². The first-order chi connectivity index (χ1) is 15.2. The van der Waals surface area contributed by atoms with E-state index in [0.717, 1.165) is 45.0 Å². The van der Waals surface area contributed by atoms with Crippen LogP contribution in [0.25, 0.3) is 33.4 Å². The zero-order valence-corrected chi connectivity index (χ0v) is 17.6. The summed E-state index contributed by atoms with van der Waals surface area (Å²) in [6.07, 6.45) is 5.77. The molecule has 5 aromatic rings. The lowest BCUT2D eigenvalue weighted by atomic mass is 10.0. The van der Waals surface area contributed by atoms with Gasteiger partial charge in [-0.15, -0.1) is 11.3 Å². The molecule has 0 radical (unpaired) electrons. The number of H-pyrrole nitrogens is 1. The molecular formula is C23H20N6OS. The number of benzene rings is 1. The average Bonchev–Trinajstić information content (AvgIpc) is 3.54. The van der Waals surface area contributed by atoms with E-state index in [1.54, 1.807) is 6.20 Å². The third-order valence-electron chi connectivity index (χ3n) is 5.01. The van der Waals surface area contributed by atoms with Crippen molar-refractivity contribution in [3.63, 3.8) is 0 Å². The Balaban J connectivity index is 1.44. The van der Waals surface area contributed by atoms with Gasteiger partial charge in [-0.1, -0.05) is 12.1 Å². The molecule has 3 N–H and O–H groups in total. The molecule has 4 heterocycles. The molecule has 0 bridgehead atoms. The molecule has 0 saturated carbocycles. The van der Waals surface area contributed by atoms with E-state index in [0.29, 0.717) is 5.69 Å². The number of rotatable bonds is 5. The molecule has 5 rings (SSSR count). The zero-order chi connectivity index (χ0) is 21.2. The number of urea groups is 1. The molecule has 0 saturated heterocycles. The highest BCUT2D eigenvalue weighted by Gasteiger charge is 2.16. The molecule has 0 aliphatic carbocycles. The van der Waals surface area contributed by atoms with Gasteiger partial charge in [-0.25, -0.2) is 9.78 Å². The minimum absolute atomic E-state index is 0.266. The van der Waals surface area contributed by atoms with E-state index >= 15 is 0 Å². The molecule has 0 spiro atoms. The summed E-state index contributed by atoms with van der Waals surface area (Å²) < 4.78 is 1.93. The van der Waals surface area contributed by atoms with E-state index in [4.69, 9.17) is 5.10 Å². The van der Waals surface area contributed by atoms with Gasteiger partial charge in [0, 0.05) is 47.3 Å². The topological polar surface area (TPSA) is 87.6 Å². The fourth-order valence-electron chi connectivity index (χ4n) is 3.52. The second kappa shape index (κ2) is 8.08. The number of hydrogen-bond acceptors (Lipinski definition) is 4. The fraction of sp³-hybridized carbons (Fsp3) is 0.0870. The molecule has 2 amide bonds. The van der Waals surface area contributed by atoms with Gasteiger partial charge in [0.15, 0.2) is 0 Å². The smallest absolute Gasteiger partial charge is 0.324 e. The Morgan fingerprint density at radius 2 is 1.97 bits per heavy atom. The first-order valence-corrected chi connectivity index (χ1v) is 10.8. The van der Waals surface area contributed by atoms with Gasteiger partial charge >= 0.3 is 6.03 Å². The van der Waals surface area contributed by atoms with E-state index in [9.17, 15) is 4.79 Å². The summed E-state index contributed by atoms with van der Waals surface area (Å²) in [7, 11) is 0. The molecule has 0 fully saturated rings. The summed E-state index contributed by atoms with van der Waals surface area (Å²) >= 11 is 1.48. The molecule has 0 unspecified atom stereocenters. The number of amides is 2. The van der Waals surface area contributed by atoms with Crippen LogP contribution in [-0.2, 0) is 6.54 Å². The normalized spacial score (nSPS) is 11.0. The molecule has 4 aromatic heterocycles. The number of nitrogens with one attached hydrogen (secondary N) is 3. The fourth-order valence-corrected chi connectivity index (χ4v) is 4.14. The van der Waals surface area contributed by atoms with Crippen molar-refractivity contribution >= 4 is 39.1 Å². The third-order valence-corrected chi connectivity index (χ3v) is 5.80. The lowest BCUT2D eigenvalue weighted by Gasteiger charge is -2.08. The number of thiophene rings is 1. The maximum atomic E-state index is 12.2. The largest absolute Gasteiger partial charge is 0.346 e. The van der Waals surface area contributed by atoms with Crippen LogP contribution in [0.5, 0.6) is 0 Å². The lowest BCUT2D eigenvalue weighted by molar-refractivity contribution is 0.262. The number of nitrogens with zero attached hydrogens (tertiary/aromatic N) is 3. The van der Waals surface area contributed by atoms with Gasteiger partial charge in [0.25, 0.3) is 0 Å². The zero-order valence-electron chi connectivity index (χ0n) is 16.8. The quantitative estimate of drug-likeness (QED) is 0.330. The Bertz CT molecular complexity index is 1330. The summed E-state index contributed by atoms with van der Waals surface area (Å²) in [6.45, 7) is 2.84. The number of hydrogen-bond donors (Lipinski definition) is 3. The average molecular weight is 429 g/mol. The van der Waals surface area contributed by atoms with Gasteiger partial charge in [-0.3, -0.25) is 10.00 Å². The van der Waals surface area contributed by atoms with Crippen LogP contribution >= 0.6 is 11.3 Å². The van der Waals surface area contributed by atoms with E-state index in [1.807, 2.05) is 64.8 Å². The Labute approximate surface area is 182 Å². The van der Waals surface area contributed by atoms with Crippen LogP contribution in [0.3, 0.4) is 0 Å². The minimum Gasteiger partial charge on any atom is -0.346 e. The number of aromatic amines is 1. The summed E-state index contributed by atoms with van der Waals surface area (Å²) in [5.74, 6) is 0. The number of fused-ring (bicyclic) bond motifs is 1. The Hall–Kier alpha value is -3.91. The summed E-state index contributed by atoms with van der Waals surface area (Å²) in [5.41, 5.74) is 5.57.